The van der Waals surface area contributed by atoms with Gasteiger partial charge in [0.25, 0.3) is 5.91 Å². The van der Waals surface area contributed by atoms with Crippen molar-refractivity contribution >= 4 is 17.6 Å². The number of aromatic nitrogens is 2. The number of aryl methyl sites for hydroxylation is 1. The van der Waals surface area contributed by atoms with E-state index in [1.165, 1.54) is 6.07 Å². The molecule has 2 amide bonds. The summed E-state index contributed by atoms with van der Waals surface area (Å²) in [6.45, 7) is 1.91. The maximum atomic E-state index is 13.1. The number of rotatable bonds is 12. The number of H-pyrrole nitrogens is 1. The van der Waals surface area contributed by atoms with E-state index in [2.05, 4.69) is 20.8 Å². The minimum absolute atomic E-state index is 0.125. The number of methoxy groups -OCH3 is 2. The van der Waals surface area contributed by atoms with Crippen LogP contribution in [-0.4, -0.2) is 54.1 Å². The monoisotopic (exact) mass is 470 g/mol. The molecule has 0 saturated heterocycles. The molecule has 184 valence electrons. The quantitative estimate of drug-likeness (QED) is 0.410. The Hall–Kier alpha value is -3.36. The van der Waals surface area contributed by atoms with E-state index in [-0.39, 0.29) is 29.1 Å². The van der Waals surface area contributed by atoms with Gasteiger partial charge in [-0.2, -0.15) is 5.10 Å². The number of Topliss-reactive ketones (excluding diaryl/α,β-unsaturated/α-hetero) is 1. The number of nitrogens with one attached hydrogen (secondary N) is 3. The first-order chi connectivity index (χ1) is 16.4. The van der Waals surface area contributed by atoms with Crippen molar-refractivity contribution in [1.29, 1.82) is 0 Å². The normalized spacial score (nSPS) is 14.4. The van der Waals surface area contributed by atoms with Gasteiger partial charge in [0.1, 0.15) is 28.9 Å². The molecule has 0 spiro atoms. The highest BCUT2D eigenvalue weighted by Gasteiger charge is 2.26. The fourth-order valence-corrected chi connectivity index (χ4v) is 4.17. The molecule has 34 heavy (non-hydrogen) atoms. The second-order valence-corrected chi connectivity index (χ2v) is 8.57. The van der Waals surface area contributed by atoms with Crippen LogP contribution in [0.3, 0.4) is 0 Å². The van der Waals surface area contributed by atoms with E-state index in [1.54, 1.807) is 20.3 Å². The topological polar surface area (TPSA) is 122 Å². The Kier molecular flexibility index (Phi) is 9.07. The zero-order chi connectivity index (χ0) is 24.5. The molecule has 1 saturated carbocycles. The predicted molar refractivity (Wildman–Crippen MR) is 127 cm³/mol. The van der Waals surface area contributed by atoms with Crippen LogP contribution in [0.4, 0.5) is 0 Å². The third-order valence-corrected chi connectivity index (χ3v) is 6.11. The summed E-state index contributed by atoms with van der Waals surface area (Å²) in [5.41, 5.74) is 1.28. The van der Waals surface area contributed by atoms with Gasteiger partial charge < -0.3 is 20.1 Å². The fourth-order valence-electron chi connectivity index (χ4n) is 4.17. The third-order valence-electron chi connectivity index (χ3n) is 6.11. The Morgan fingerprint density at radius 2 is 1.91 bits per heavy atom. The fraction of sp³-hybridized carbons (Fsp3) is 0.520. The molecule has 0 aliphatic heterocycles. The molecule has 2 aromatic rings. The Labute approximate surface area is 200 Å². The lowest BCUT2D eigenvalue weighted by Gasteiger charge is -2.21. The van der Waals surface area contributed by atoms with E-state index >= 15 is 0 Å². The largest absolute Gasteiger partial charge is 0.497 e. The van der Waals surface area contributed by atoms with Crippen LogP contribution in [-0.2, 0) is 11.2 Å². The Bertz CT molecular complexity index is 997. The molecule has 1 atom stereocenters. The number of aromatic amines is 1. The molecule has 1 fully saturated rings. The molecule has 0 bridgehead atoms. The van der Waals surface area contributed by atoms with Crippen LogP contribution in [0.25, 0.3) is 0 Å². The summed E-state index contributed by atoms with van der Waals surface area (Å²) in [5, 5.41) is 12.5. The summed E-state index contributed by atoms with van der Waals surface area (Å²) in [5.74, 6) is 0.524. The highest BCUT2D eigenvalue weighted by atomic mass is 16.5. The Morgan fingerprint density at radius 1 is 1.15 bits per heavy atom. The van der Waals surface area contributed by atoms with Crippen molar-refractivity contribution in [2.45, 2.75) is 70.4 Å². The maximum absolute atomic E-state index is 13.1. The lowest BCUT2D eigenvalue weighted by molar-refractivity contribution is -0.123. The number of hydrogen-bond donors (Lipinski definition) is 3. The molecular formula is C25H34N4O5. The molecule has 0 radical (unpaired) electrons. The second kappa shape index (κ2) is 12.2. The highest BCUT2D eigenvalue weighted by molar-refractivity contribution is 6.00. The summed E-state index contributed by atoms with van der Waals surface area (Å²) >= 11 is 0. The van der Waals surface area contributed by atoms with Crippen molar-refractivity contribution in [2.24, 2.45) is 0 Å². The molecule has 1 aromatic carbocycles. The van der Waals surface area contributed by atoms with E-state index < -0.39 is 11.9 Å². The van der Waals surface area contributed by atoms with Gasteiger partial charge in [0, 0.05) is 18.5 Å². The number of benzene rings is 1. The first kappa shape index (κ1) is 25.3. The van der Waals surface area contributed by atoms with Gasteiger partial charge in [0.05, 0.1) is 14.2 Å². The number of amides is 2. The predicted octanol–water partition coefficient (Wildman–Crippen LogP) is 3.20. The molecule has 1 heterocycles. The average molecular weight is 471 g/mol. The highest BCUT2D eigenvalue weighted by Crippen LogP contribution is 2.26. The standard InChI is InChI=1S/C25H34N4O5/c1-4-7-22(30)20-15-21(29-28-20)25(32)27-19(24(31)26-17-8-5-6-9-17)13-11-16-10-12-18(33-2)14-23(16)34-3/h10,12,14-15,17,19H,4-9,11,13H2,1-3H3,(H,26,31)(H,27,32)(H,28,29). The Balaban J connectivity index is 1.72. The Morgan fingerprint density at radius 3 is 2.59 bits per heavy atom. The van der Waals surface area contributed by atoms with Crippen molar-refractivity contribution in [3.8, 4) is 11.5 Å². The van der Waals surface area contributed by atoms with Crippen LogP contribution >= 0.6 is 0 Å². The third kappa shape index (κ3) is 6.59. The van der Waals surface area contributed by atoms with Gasteiger partial charge in [-0.3, -0.25) is 19.5 Å². The van der Waals surface area contributed by atoms with Crippen molar-refractivity contribution in [1.82, 2.24) is 20.8 Å². The number of ether oxygens (including phenoxy) is 2. The van der Waals surface area contributed by atoms with Gasteiger partial charge in [0.2, 0.25) is 5.91 Å². The van der Waals surface area contributed by atoms with E-state index in [0.717, 1.165) is 31.2 Å². The van der Waals surface area contributed by atoms with Crippen LogP contribution in [0, 0.1) is 0 Å². The number of hydrogen-bond acceptors (Lipinski definition) is 6. The van der Waals surface area contributed by atoms with E-state index in [9.17, 15) is 14.4 Å². The second-order valence-electron chi connectivity index (χ2n) is 8.57. The number of carbonyl (C=O) groups is 3. The van der Waals surface area contributed by atoms with E-state index in [4.69, 9.17) is 9.47 Å². The van der Waals surface area contributed by atoms with Gasteiger partial charge in [-0.1, -0.05) is 25.8 Å². The zero-order valence-electron chi connectivity index (χ0n) is 20.1. The van der Waals surface area contributed by atoms with Crippen molar-refractivity contribution < 1.29 is 23.9 Å². The summed E-state index contributed by atoms with van der Waals surface area (Å²) in [6, 6.07) is 6.34. The zero-order valence-corrected chi connectivity index (χ0v) is 20.1. The molecular weight excluding hydrogens is 436 g/mol. The summed E-state index contributed by atoms with van der Waals surface area (Å²) in [7, 11) is 3.17. The number of ketones is 1. The molecule has 9 heteroatoms. The molecule has 1 aliphatic carbocycles. The van der Waals surface area contributed by atoms with Crippen molar-refractivity contribution in [3.63, 3.8) is 0 Å². The molecule has 3 N–H and O–H groups in total. The summed E-state index contributed by atoms with van der Waals surface area (Å²) in [6.07, 6.45) is 6.03. The first-order valence-corrected chi connectivity index (χ1v) is 11.9. The molecule has 1 unspecified atom stereocenters. The van der Waals surface area contributed by atoms with Crippen LogP contribution < -0.4 is 20.1 Å². The van der Waals surface area contributed by atoms with Crippen LogP contribution in [0.5, 0.6) is 11.5 Å². The molecule has 3 rings (SSSR count). The SMILES string of the molecule is CCCC(=O)c1cc(C(=O)NC(CCc2ccc(OC)cc2OC)C(=O)NC2CCCC2)[nH]n1. The van der Waals surface area contributed by atoms with Crippen LogP contribution in [0.15, 0.2) is 24.3 Å². The van der Waals surface area contributed by atoms with E-state index in [1.807, 2.05) is 19.1 Å². The minimum atomic E-state index is -0.752. The van der Waals surface area contributed by atoms with Gasteiger partial charge in [-0.05, 0) is 49.8 Å². The van der Waals surface area contributed by atoms with E-state index in [0.29, 0.717) is 37.2 Å². The summed E-state index contributed by atoms with van der Waals surface area (Å²) < 4.78 is 10.7. The maximum Gasteiger partial charge on any atom is 0.269 e. The van der Waals surface area contributed by atoms with Crippen molar-refractivity contribution in [2.75, 3.05) is 14.2 Å². The van der Waals surface area contributed by atoms with Crippen LogP contribution in [0.1, 0.15) is 78.4 Å². The lowest BCUT2D eigenvalue weighted by atomic mass is 10.0. The molecule has 9 nitrogen and oxygen atoms in total. The first-order valence-electron chi connectivity index (χ1n) is 11.9. The van der Waals surface area contributed by atoms with Gasteiger partial charge >= 0.3 is 0 Å². The lowest BCUT2D eigenvalue weighted by Crippen LogP contribution is -2.49. The number of nitrogens with zero attached hydrogens (tertiary/aromatic N) is 1. The van der Waals surface area contributed by atoms with Gasteiger partial charge in [-0.25, -0.2) is 0 Å². The number of carbonyl (C=O) groups excluding carboxylic acids is 3. The van der Waals surface area contributed by atoms with Gasteiger partial charge in [0.15, 0.2) is 5.78 Å². The minimum Gasteiger partial charge on any atom is -0.497 e. The molecule has 1 aromatic heterocycles. The van der Waals surface area contributed by atoms with Gasteiger partial charge in [-0.15, -0.1) is 0 Å². The molecule has 1 aliphatic rings. The van der Waals surface area contributed by atoms with Crippen LogP contribution in [0.2, 0.25) is 0 Å². The summed E-state index contributed by atoms with van der Waals surface area (Å²) in [4.78, 5) is 38.0. The average Bonchev–Trinajstić information content (AvgIpc) is 3.54. The van der Waals surface area contributed by atoms with Crippen molar-refractivity contribution in [3.05, 3.63) is 41.2 Å². The smallest absolute Gasteiger partial charge is 0.269 e.